The summed E-state index contributed by atoms with van der Waals surface area (Å²) in [5.41, 5.74) is 1.82. The molecule has 0 radical (unpaired) electrons. The van der Waals surface area contributed by atoms with Gasteiger partial charge in [-0.15, -0.1) is 0 Å². The lowest BCUT2D eigenvalue weighted by molar-refractivity contribution is -0.132. The van der Waals surface area contributed by atoms with Gasteiger partial charge in [0, 0.05) is 22.7 Å². The summed E-state index contributed by atoms with van der Waals surface area (Å²) in [6.45, 7) is 1.91. The van der Waals surface area contributed by atoms with Gasteiger partial charge in [-0.2, -0.15) is 0 Å². The molecule has 0 fully saturated rings. The maximum atomic E-state index is 14.3. The molecule has 0 aliphatic carbocycles. The first-order valence-corrected chi connectivity index (χ1v) is 8.27. The standard InChI is InChI=1S/C21H18FNO3/c1-2-15(21(24)25)12-17-9-8-14(11-18(17)22)13-26-19-7-3-5-16-6-4-10-23-20(16)19/h3-12H,2,13H2,1H3,(H,24,25)/b15-12+. The Morgan fingerprint density at radius 1 is 1.23 bits per heavy atom. The number of para-hydroxylation sites is 1. The van der Waals surface area contributed by atoms with Gasteiger partial charge in [-0.05, 0) is 36.3 Å². The minimum Gasteiger partial charge on any atom is -0.487 e. The topological polar surface area (TPSA) is 59.4 Å². The van der Waals surface area contributed by atoms with E-state index in [1.54, 1.807) is 25.3 Å². The monoisotopic (exact) mass is 351 g/mol. The molecule has 0 unspecified atom stereocenters. The summed E-state index contributed by atoms with van der Waals surface area (Å²) >= 11 is 0. The summed E-state index contributed by atoms with van der Waals surface area (Å²) in [6, 6.07) is 14.1. The summed E-state index contributed by atoms with van der Waals surface area (Å²) < 4.78 is 20.1. The van der Waals surface area contributed by atoms with E-state index in [1.807, 2.05) is 30.3 Å². The number of pyridine rings is 1. The second kappa shape index (κ2) is 7.78. The van der Waals surface area contributed by atoms with Gasteiger partial charge in [-0.25, -0.2) is 9.18 Å². The zero-order valence-corrected chi connectivity index (χ0v) is 14.3. The van der Waals surface area contributed by atoms with Crippen molar-refractivity contribution >= 4 is 22.9 Å². The molecule has 26 heavy (non-hydrogen) atoms. The molecule has 5 heteroatoms. The molecule has 0 spiro atoms. The molecule has 0 saturated heterocycles. The molecule has 1 N–H and O–H groups in total. The first-order valence-electron chi connectivity index (χ1n) is 8.27. The quantitative estimate of drug-likeness (QED) is 0.646. The van der Waals surface area contributed by atoms with Crippen LogP contribution in [0.5, 0.6) is 5.75 Å². The van der Waals surface area contributed by atoms with Gasteiger partial charge in [-0.1, -0.05) is 37.3 Å². The summed E-state index contributed by atoms with van der Waals surface area (Å²) in [5, 5.41) is 10.0. The van der Waals surface area contributed by atoms with Crippen LogP contribution in [0.1, 0.15) is 24.5 Å². The predicted octanol–water partition coefficient (Wildman–Crippen LogP) is 4.83. The summed E-state index contributed by atoms with van der Waals surface area (Å²) in [6.07, 6.45) is 3.38. The number of benzene rings is 2. The third-order valence-corrected chi connectivity index (χ3v) is 4.04. The highest BCUT2D eigenvalue weighted by atomic mass is 19.1. The second-order valence-corrected chi connectivity index (χ2v) is 5.80. The van der Waals surface area contributed by atoms with Crippen molar-refractivity contribution in [1.29, 1.82) is 0 Å². The lowest BCUT2D eigenvalue weighted by Gasteiger charge is -2.09. The molecule has 2 aromatic carbocycles. The van der Waals surface area contributed by atoms with Crippen molar-refractivity contribution in [2.24, 2.45) is 0 Å². The van der Waals surface area contributed by atoms with E-state index in [0.717, 1.165) is 10.9 Å². The van der Waals surface area contributed by atoms with E-state index in [1.165, 1.54) is 12.1 Å². The number of carboxylic acid groups (broad SMARTS) is 1. The maximum absolute atomic E-state index is 14.3. The first kappa shape index (κ1) is 17.6. The number of halogens is 1. The van der Waals surface area contributed by atoms with Gasteiger partial charge in [0.2, 0.25) is 0 Å². The molecule has 1 aromatic heterocycles. The minimum atomic E-state index is -1.04. The average Bonchev–Trinajstić information content (AvgIpc) is 2.65. The van der Waals surface area contributed by atoms with Gasteiger partial charge in [0.15, 0.2) is 0 Å². The van der Waals surface area contributed by atoms with Crippen LogP contribution in [0, 0.1) is 5.82 Å². The highest BCUT2D eigenvalue weighted by Gasteiger charge is 2.09. The van der Waals surface area contributed by atoms with Gasteiger partial charge < -0.3 is 9.84 Å². The van der Waals surface area contributed by atoms with Gasteiger partial charge in [0.25, 0.3) is 0 Å². The number of ether oxygens (including phenoxy) is 1. The van der Waals surface area contributed by atoms with E-state index in [4.69, 9.17) is 9.84 Å². The van der Waals surface area contributed by atoms with Crippen LogP contribution in [0.3, 0.4) is 0 Å². The second-order valence-electron chi connectivity index (χ2n) is 5.80. The molecule has 0 bridgehead atoms. The van der Waals surface area contributed by atoms with E-state index in [2.05, 4.69) is 4.98 Å². The number of hydrogen-bond donors (Lipinski definition) is 1. The van der Waals surface area contributed by atoms with Crippen molar-refractivity contribution in [2.75, 3.05) is 0 Å². The van der Waals surface area contributed by atoms with Gasteiger partial charge >= 0.3 is 5.97 Å². The third kappa shape index (κ3) is 3.88. The van der Waals surface area contributed by atoms with Crippen LogP contribution >= 0.6 is 0 Å². The zero-order chi connectivity index (χ0) is 18.5. The molecule has 0 atom stereocenters. The van der Waals surface area contributed by atoms with Crippen molar-refractivity contribution in [3.05, 3.63) is 77.2 Å². The highest BCUT2D eigenvalue weighted by molar-refractivity contribution is 5.92. The van der Waals surface area contributed by atoms with E-state index < -0.39 is 11.8 Å². The largest absolute Gasteiger partial charge is 0.487 e. The van der Waals surface area contributed by atoms with Crippen molar-refractivity contribution in [1.82, 2.24) is 4.98 Å². The smallest absolute Gasteiger partial charge is 0.331 e. The number of carbonyl (C=O) groups is 1. The highest BCUT2D eigenvalue weighted by Crippen LogP contribution is 2.24. The number of aromatic nitrogens is 1. The van der Waals surface area contributed by atoms with Gasteiger partial charge in [0.05, 0.1) is 0 Å². The van der Waals surface area contributed by atoms with Crippen molar-refractivity contribution < 1.29 is 19.0 Å². The Bertz CT molecular complexity index is 977. The number of nitrogens with zero attached hydrogens (tertiary/aromatic N) is 1. The van der Waals surface area contributed by atoms with Crippen LogP contribution in [-0.2, 0) is 11.4 Å². The fourth-order valence-electron chi connectivity index (χ4n) is 2.63. The predicted molar refractivity (Wildman–Crippen MR) is 98.4 cm³/mol. The van der Waals surface area contributed by atoms with Gasteiger partial charge in [0.1, 0.15) is 23.7 Å². The summed E-state index contributed by atoms with van der Waals surface area (Å²) in [7, 11) is 0. The molecule has 0 saturated carbocycles. The number of hydrogen-bond acceptors (Lipinski definition) is 3. The number of rotatable bonds is 6. The molecule has 132 valence electrons. The molecular formula is C21H18FNO3. The molecule has 3 aromatic rings. The van der Waals surface area contributed by atoms with E-state index in [-0.39, 0.29) is 17.7 Å². The van der Waals surface area contributed by atoms with Crippen molar-refractivity contribution in [3.63, 3.8) is 0 Å². The van der Waals surface area contributed by atoms with Crippen LogP contribution in [0.4, 0.5) is 4.39 Å². The lowest BCUT2D eigenvalue weighted by Crippen LogP contribution is -2.00. The Kier molecular flexibility index (Phi) is 5.27. The van der Waals surface area contributed by atoms with Crippen molar-refractivity contribution in [2.45, 2.75) is 20.0 Å². The fourth-order valence-corrected chi connectivity index (χ4v) is 2.63. The Labute approximate surface area is 150 Å². The lowest BCUT2D eigenvalue weighted by atomic mass is 10.1. The van der Waals surface area contributed by atoms with Crippen LogP contribution in [0.15, 0.2) is 60.3 Å². The SMILES string of the molecule is CC/C(=C\c1ccc(COc2cccc3cccnc23)cc1F)C(=O)O. The number of carboxylic acids is 1. The molecule has 4 nitrogen and oxygen atoms in total. The van der Waals surface area contributed by atoms with Crippen LogP contribution in [-0.4, -0.2) is 16.1 Å². The van der Waals surface area contributed by atoms with Crippen LogP contribution < -0.4 is 4.74 Å². The first-order chi connectivity index (χ1) is 12.6. The molecule has 1 heterocycles. The molecule has 0 aliphatic rings. The van der Waals surface area contributed by atoms with Crippen molar-refractivity contribution in [3.8, 4) is 5.75 Å². The fraction of sp³-hybridized carbons (Fsp3) is 0.143. The Balaban J connectivity index is 1.79. The Morgan fingerprint density at radius 2 is 2.04 bits per heavy atom. The maximum Gasteiger partial charge on any atom is 0.331 e. The normalized spacial score (nSPS) is 11.5. The number of aliphatic carboxylic acids is 1. The molecule has 3 rings (SSSR count). The van der Waals surface area contributed by atoms with Crippen LogP contribution in [0.25, 0.3) is 17.0 Å². The van der Waals surface area contributed by atoms with E-state index >= 15 is 0 Å². The minimum absolute atomic E-state index is 0.162. The van der Waals surface area contributed by atoms with Gasteiger partial charge in [-0.3, -0.25) is 4.98 Å². The summed E-state index contributed by atoms with van der Waals surface area (Å²) in [4.78, 5) is 15.4. The average molecular weight is 351 g/mol. The number of fused-ring (bicyclic) bond motifs is 1. The Hall–Kier alpha value is -3.21. The van der Waals surface area contributed by atoms with E-state index in [9.17, 15) is 9.18 Å². The van der Waals surface area contributed by atoms with E-state index in [0.29, 0.717) is 17.7 Å². The summed E-state index contributed by atoms with van der Waals surface area (Å²) in [5.74, 6) is -0.885. The zero-order valence-electron chi connectivity index (χ0n) is 14.3. The van der Waals surface area contributed by atoms with Crippen LogP contribution in [0.2, 0.25) is 0 Å². The molecule has 0 amide bonds. The molecular weight excluding hydrogens is 333 g/mol. The molecule has 0 aliphatic heterocycles. The third-order valence-electron chi connectivity index (χ3n) is 4.04. The Morgan fingerprint density at radius 3 is 2.77 bits per heavy atom.